The number of carbonyl (C=O) groups excluding carboxylic acids is 1. The normalized spacial score (nSPS) is 10.6. The third-order valence-corrected chi connectivity index (χ3v) is 4.54. The van der Waals surface area contributed by atoms with Crippen LogP contribution in [0.1, 0.15) is 21.5 Å². The van der Waals surface area contributed by atoms with Gasteiger partial charge in [0.1, 0.15) is 0 Å². The second-order valence-corrected chi connectivity index (χ2v) is 6.17. The van der Waals surface area contributed by atoms with Crippen LogP contribution >= 0.6 is 23.2 Å². The van der Waals surface area contributed by atoms with Gasteiger partial charge >= 0.3 is 0 Å². The average Bonchev–Trinajstić information content (AvgIpc) is 2.56. The smallest absolute Gasteiger partial charge is 0.254 e. The van der Waals surface area contributed by atoms with Crippen LogP contribution in [-0.4, -0.2) is 31.4 Å². The minimum absolute atomic E-state index is 0.0206. The molecule has 0 atom stereocenters. The summed E-state index contributed by atoms with van der Waals surface area (Å²) in [7, 11) is 3.67. The molecule has 5 heteroatoms. The molecule has 3 nitrogen and oxygen atoms in total. The van der Waals surface area contributed by atoms with Crippen molar-refractivity contribution >= 4 is 29.1 Å². The topological polar surface area (TPSA) is 32.3 Å². The van der Waals surface area contributed by atoms with E-state index in [9.17, 15) is 4.79 Å². The standard InChI is InChI=1S/C18H20Cl2N2O/c1-21-11-10-13-6-3-4-8-15(13)18(23)22(2)12-14-7-5-9-16(19)17(14)20/h3-9,21H,10-12H2,1-2H3. The molecule has 0 bridgehead atoms. The summed E-state index contributed by atoms with van der Waals surface area (Å²) >= 11 is 12.2. The van der Waals surface area contributed by atoms with E-state index >= 15 is 0 Å². The Kier molecular flexibility index (Phi) is 6.46. The van der Waals surface area contributed by atoms with E-state index in [0.29, 0.717) is 16.6 Å². The van der Waals surface area contributed by atoms with Gasteiger partial charge in [-0.2, -0.15) is 0 Å². The Hall–Kier alpha value is -1.55. The van der Waals surface area contributed by atoms with Crippen LogP contribution in [0.2, 0.25) is 10.0 Å². The zero-order valence-corrected chi connectivity index (χ0v) is 14.8. The molecule has 2 aromatic rings. The number of halogens is 2. The SMILES string of the molecule is CNCCc1ccccc1C(=O)N(C)Cc1cccc(Cl)c1Cl. The number of benzene rings is 2. The van der Waals surface area contributed by atoms with E-state index in [1.807, 2.05) is 43.4 Å². The van der Waals surface area contributed by atoms with Gasteiger partial charge < -0.3 is 10.2 Å². The van der Waals surface area contributed by atoms with Crippen LogP contribution in [0.4, 0.5) is 0 Å². The fourth-order valence-electron chi connectivity index (χ4n) is 2.41. The Morgan fingerprint density at radius 2 is 1.78 bits per heavy atom. The lowest BCUT2D eigenvalue weighted by atomic mass is 10.0. The second-order valence-electron chi connectivity index (χ2n) is 5.38. The summed E-state index contributed by atoms with van der Waals surface area (Å²) < 4.78 is 0. The molecule has 0 saturated carbocycles. The van der Waals surface area contributed by atoms with Gasteiger partial charge in [-0.05, 0) is 43.3 Å². The molecule has 2 aromatic carbocycles. The maximum absolute atomic E-state index is 12.8. The monoisotopic (exact) mass is 350 g/mol. The van der Waals surface area contributed by atoms with Gasteiger partial charge in [0.2, 0.25) is 0 Å². The van der Waals surface area contributed by atoms with Gasteiger partial charge in [-0.15, -0.1) is 0 Å². The summed E-state index contributed by atoms with van der Waals surface area (Å²) in [4.78, 5) is 14.4. The third-order valence-electron chi connectivity index (χ3n) is 3.68. The van der Waals surface area contributed by atoms with E-state index in [2.05, 4.69) is 5.32 Å². The number of nitrogens with zero attached hydrogens (tertiary/aromatic N) is 1. The maximum atomic E-state index is 12.8. The number of likely N-dealkylation sites (N-methyl/N-ethyl adjacent to an activating group) is 1. The maximum Gasteiger partial charge on any atom is 0.254 e. The molecule has 0 fully saturated rings. The van der Waals surface area contributed by atoms with E-state index in [1.165, 1.54) is 0 Å². The highest BCUT2D eigenvalue weighted by molar-refractivity contribution is 6.42. The molecular formula is C18H20Cl2N2O. The molecule has 0 aromatic heterocycles. The molecule has 0 unspecified atom stereocenters. The predicted octanol–water partition coefficient (Wildman–Crippen LogP) is 4.03. The number of hydrogen-bond donors (Lipinski definition) is 1. The van der Waals surface area contributed by atoms with Gasteiger partial charge in [0.25, 0.3) is 5.91 Å². The van der Waals surface area contributed by atoms with Crippen LogP contribution in [0.5, 0.6) is 0 Å². The van der Waals surface area contributed by atoms with Gasteiger partial charge in [0.05, 0.1) is 10.0 Å². The van der Waals surface area contributed by atoms with Crippen molar-refractivity contribution in [3.63, 3.8) is 0 Å². The van der Waals surface area contributed by atoms with E-state index in [0.717, 1.165) is 29.7 Å². The van der Waals surface area contributed by atoms with Crippen molar-refractivity contribution < 1.29 is 4.79 Å². The Bertz CT molecular complexity index is 688. The Labute approximate surface area is 147 Å². The number of amides is 1. The second kappa shape index (κ2) is 8.34. The van der Waals surface area contributed by atoms with Crippen molar-refractivity contribution in [3.8, 4) is 0 Å². The van der Waals surface area contributed by atoms with E-state index in [4.69, 9.17) is 23.2 Å². The highest BCUT2D eigenvalue weighted by Crippen LogP contribution is 2.26. The van der Waals surface area contributed by atoms with Gasteiger partial charge in [0.15, 0.2) is 0 Å². The summed E-state index contributed by atoms with van der Waals surface area (Å²) in [5.74, 6) is -0.0206. The van der Waals surface area contributed by atoms with Crippen LogP contribution < -0.4 is 5.32 Å². The van der Waals surface area contributed by atoms with E-state index < -0.39 is 0 Å². The van der Waals surface area contributed by atoms with E-state index in [1.54, 1.807) is 18.0 Å². The quantitative estimate of drug-likeness (QED) is 0.852. The summed E-state index contributed by atoms with van der Waals surface area (Å²) in [6.07, 6.45) is 0.810. The lowest BCUT2D eigenvalue weighted by Gasteiger charge is -2.20. The number of nitrogens with one attached hydrogen (secondary N) is 1. The zero-order chi connectivity index (χ0) is 16.8. The summed E-state index contributed by atoms with van der Waals surface area (Å²) in [6, 6.07) is 13.1. The Morgan fingerprint density at radius 3 is 2.52 bits per heavy atom. The molecule has 0 spiro atoms. The molecule has 0 saturated heterocycles. The molecular weight excluding hydrogens is 331 g/mol. The van der Waals surface area contributed by atoms with Gasteiger partial charge in [-0.1, -0.05) is 53.5 Å². The van der Waals surface area contributed by atoms with Crippen LogP contribution in [0.15, 0.2) is 42.5 Å². The molecule has 1 amide bonds. The first-order valence-corrected chi connectivity index (χ1v) is 8.21. The summed E-state index contributed by atoms with van der Waals surface area (Å²) in [5, 5.41) is 4.11. The first-order valence-electron chi connectivity index (χ1n) is 7.45. The highest BCUT2D eigenvalue weighted by atomic mass is 35.5. The molecule has 0 heterocycles. The van der Waals surface area contributed by atoms with Crippen LogP contribution in [-0.2, 0) is 13.0 Å². The first-order chi connectivity index (χ1) is 11.0. The van der Waals surface area contributed by atoms with Crippen LogP contribution in [0, 0.1) is 0 Å². The first kappa shape index (κ1) is 17.8. The Balaban J connectivity index is 2.18. The molecule has 23 heavy (non-hydrogen) atoms. The van der Waals surface area contributed by atoms with Crippen LogP contribution in [0.3, 0.4) is 0 Å². The average molecular weight is 351 g/mol. The van der Waals surface area contributed by atoms with Gasteiger partial charge in [-0.25, -0.2) is 0 Å². The Morgan fingerprint density at radius 1 is 1.09 bits per heavy atom. The molecule has 0 aliphatic rings. The van der Waals surface area contributed by atoms with Crippen molar-refractivity contribution in [1.82, 2.24) is 10.2 Å². The largest absolute Gasteiger partial charge is 0.337 e. The van der Waals surface area contributed by atoms with Crippen LogP contribution in [0.25, 0.3) is 0 Å². The van der Waals surface area contributed by atoms with Crippen molar-refractivity contribution in [1.29, 1.82) is 0 Å². The zero-order valence-electron chi connectivity index (χ0n) is 13.3. The molecule has 122 valence electrons. The van der Waals surface area contributed by atoms with Gasteiger partial charge in [-0.3, -0.25) is 4.79 Å². The number of carbonyl (C=O) groups is 1. The molecule has 0 aliphatic carbocycles. The lowest BCUT2D eigenvalue weighted by Crippen LogP contribution is -2.27. The molecule has 2 rings (SSSR count). The summed E-state index contributed by atoms with van der Waals surface area (Å²) in [5.41, 5.74) is 2.60. The number of rotatable bonds is 6. The van der Waals surface area contributed by atoms with Crippen molar-refractivity contribution in [3.05, 3.63) is 69.2 Å². The third kappa shape index (κ3) is 4.47. The predicted molar refractivity (Wildman–Crippen MR) is 96.3 cm³/mol. The van der Waals surface area contributed by atoms with Crippen molar-refractivity contribution in [2.75, 3.05) is 20.6 Å². The summed E-state index contributed by atoms with van der Waals surface area (Å²) in [6.45, 7) is 1.24. The molecule has 1 N–H and O–H groups in total. The van der Waals surface area contributed by atoms with Crippen molar-refractivity contribution in [2.24, 2.45) is 0 Å². The number of hydrogen-bond acceptors (Lipinski definition) is 2. The van der Waals surface area contributed by atoms with E-state index in [-0.39, 0.29) is 5.91 Å². The van der Waals surface area contributed by atoms with Crippen molar-refractivity contribution in [2.45, 2.75) is 13.0 Å². The lowest BCUT2D eigenvalue weighted by molar-refractivity contribution is 0.0784. The fourth-order valence-corrected chi connectivity index (χ4v) is 2.79. The molecule has 0 aliphatic heterocycles. The fraction of sp³-hybridized carbons (Fsp3) is 0.278. The van der Waals surface area contributed by atoms with Gasteiger partial charge in [0, 0.05) is 19.2 Å². The molecule has 0 radical (unpaired) electrons. The highest BCUT2D eigenvalue weighted by Gasteiger charge is 2.17. The minimum atomic E-state index is -0.0206. The minimum Gasteiger partial charge on any atom is -0.337 e.